The number of fused-ring (bicyclic) bond motifs is 1. The normalized spacial score (nSPS) is 15.8. The summed E-state index contributed by atoms with van der Waals surface area (Å²) in [6.07, 6.45) is 4.04. The molecule has 0 spiro atoms. The van der Waals surface area contributed by atoms with Crippen LogP contribution < -0.4 is 0 Å². The molecule has 0 saturated carbocycles. The Bertz CT molecular complexity index is 644. The van der Waals surface area contributed by atoms with Gasteiger partial charge in [0.05, 0.1) is 24.3 Å². The van der Waals surface area contributed by atoms with Gasteiger partial charge in [0.1, 0.15) is 0 Å². The van der Waals surface area contributed by atoms with Gasteiger partial charge in [-0.1, -0.05) is 51.7 Å². The molecular formula is C21H29NO5. The van der Waals surface area contributed by atoms with E-state index in [1.54, 1.807) is 24.3 Å². The number of nitrogens with zero attached hydrogens (tertiary/aromatic N) is 1. The molecule has 1 aromatic rings. The maximum absolute atomic E-state index is 12.8. The van der Waals surface area contributed by atoms with Crippen molar-refractivity contribution in [2.45, 2.75) is 64.5 Å². The summed E-state index contributed by atoms with van der Waals surface area (Å²) in [5.74, 6) is -2.07. The van der Waals surface area contributed by atoms with E-state index in [0.29, 0.717) is 0 Å². The first kappa shape index (κ1) is 21.1. The second-order valence-electron chi connectivity index (χ2n) is 7.03. The first-order chi connectivity index (χ1) is 13.0. The third-order valence-corrected chi connectivity index (χ3v) is 5.21. The molecule has 0 fully saturated rings. The average Bonchev–Trinajstić information content (AvgIpc) is 2.93. The van der Waals surface area contributed by atoms with Gasteiger partial charge in [0, 0.05) is 0 Å². The second kappa shape index (κ2) is 9.65. The number of hydrogen-bond acceptors (Lipinski definition) is 5. The highest BCUT2D eigenvalue weighted by Crippen LogP contribution is 2.30. The van der Waals surface area contributed by atoms with E-state index < -0.39 is 29.9 Å². The minimum atomic E-state index is -1.33. The number of carbonyl (C=O) groups is 3. The molecule has 0 aliphatic carbocycles. The molecule has 2 atom stereocenters. The van der Waals surface area contributed by atoms with Gasteiger partial charge >= 0.3 is 5.97 Å². The fraction of sp³-hybridized carbons (Fsp3) is 0.571. The molecule has 1 N–H and O–H groups in total. The van der Waals surface area contributed by atoms with Gasteiger partial charge in [0.15, 0.2) is 6.04 Å². The van der Waals surface area contributed by atoms with E-state index >= 15 is 0 Å². The zero-order valence-corrected chi connectivity index (χ0v) is 16.3. The van der Waals surface area contributed by atoms with E-state index in [-0.39, 0.29) is 17.0 Å². The molecule has 1 aliphatic rings. The smallest absolute Gasteiger partial charge is 0.331 e. The molecule has 0 unspecified atom stereocenters. The fourth-order valence-corrected chi connectivity index (χ4v) is 3.66. The number of ether oxygens (including phenoxy) is 1. The van der Waals surface area contributed by atoms with Crippen LogP contribution in [0.1, 0.15) is 73.1 Å². The quantitative estimate of drug-likeness (QED) is 0.501. The summed E-state index contributed by atoms with van der Waals surface area (Å²) in [5, 5.41) is 11.1. The Morgan fingerprint density at radius 2 is 1.52 bits per heavy atom. The van der Waals surface area contributed by atoms with Crippen molar-refractivity contribution in [2.75, 3.05) is 7.11 Å². The number of benzene rings is 1. The number of aliphatic hydroxyl groups is 1. The molecule has 1 heterocycles. The molecule has 2 amide bonds. The molecule has 0 radical (unpaired) electrons. The number of methoxy groups -OCH3 is 1. The molecule has 1 aliphatic heterocycles. The lowest BCUT2D eigenvalue weighted by Crippen LogP contribution is -2.54. The predicted molar refractivity (Wildman–Crippen MR) is 101 cm³/mol. The summed E-state index contributed by atoms with van der Waals surface area (Å²) in [5.41, 5.74) is 0.504. The molecule has 27 heavy (non-hydrogen) atoms. The van der Waals surface area contributed by atoms with Gasteiger partial charge in [-0.2, -0.15) is 0 Å². The number of unbranched alkanes of at least 4 members (excludes halogenated alkanes) is 2. The first-order valence-corrected chi connectivity index (χ1v) is 9.70. The summed E-state index contributed by atoms with van der Waals surface area (Å²) in [7, 11) is 1.20. The standard InChI is InChI=1S/C21H29NO5/c1-4-6-10-14(11-7-5-2)18(23)17(21(26)27-3)22-19(24)15-12-8-9-13-16(15)20(22)25/h8-9,12-14,17-18,23H,4-7,10-11H2,1-3H3/t17-,18-/m0/s1. The minimum Gasteiger partial charge on any atom is -0.467 e. The Morgan fingerprint density at radius 3 is 1.93 bits per heavy atom. The second-order valence-corrected chi connectivity index (χ2v) is 7.03. The van der Waals surface area contributed by atoms with Gasteiger partial charge in [0.25, 0.3) is 11.8 Å². The van der Waals surface area contributed by atoms with E-state index in [1.165, 1.54) is 7.11 Å². The van der Waals surface area contributed by atoms with Crippen molar-refractivity contribution in [2.24, 2.45) is 5.92 Å². The van der Waals surface area contributed by atoms with Crippen molar-refractivity contribution in [3.63, 3.8) is 0 Å². The molecule has 0 saturated heterocycles. The number of esters is 1. The number of rotatable bonds is 10. The molecule has 6 heteroatoms. The summed E-state index contributed by atoms with van der Waals surface area (Å²) < 4.78 is 4.86. The van der Waals surface area contributed by atoms with Gasteiger partial charge in [-0.3, -0.25) is 14.5 Å². The maximum atomic E-state index is 12.8. The van der Waals surface area contributed by atoms with E-state index in [0.717, 1.165) is 43.4 Å². The zero-order chi connectivity index (χ0) is 20.0. The molecule has 1 aromatic carbocycles. The average molecular weight is 375 g/mol. The molecule has 0 aromatic heterocycles. The van der Waals surface area contributed by atoms with Gasteiger partial charge in [0.2, 0.25) is 0 Å². The number of amides is 2. The van der Waals surface area contributed by atoms with Crippen molar-refractivity contribution in [3.8, 4) is 0 Å². The third kappa shape index (κ3) is 4.38. The number of hydrogen-bond donors (Lipinski definition) is 1. The Labute approximate surface area is 160 Å². The topological polar surface area (TPSA) is 83.9 Å². The van der Waals surface area contributed by atoms with E-state index in [2.05, 4.69) is 13.8 Å². The van der Waals surface area contributed by atoms with Crippen LogP contribution in [0.2, 0.25) is 0 Å². The predicted octanol–water partition coefficient (Wildman–Crippen LogP) is 3.18. The van der Waals surface area contributed by atoms with Crippen LogP contribution in [0.15, 0.2) is 24.3 Å². The summed E-state index contributed by atoms with van der Waals surface area (Å²) in [6.45, 7) is 4.12. The van der Waals surface area contributed by atoms with Crippen LogP contribution in [0.5, 0.6) is 0 Å². The van der Waals surface area contributed by atoms with Gasteiger partial charge < -0.3 is 9.84 Å². The van der Waals surface area contributed by atoms with Crippen molar-refractivity contribution < 1.29 is 24.2 Å². The van der Waals surface area contributed by atoms with Crippen molar-refractivity contribution >= 4 is 17.8 Å². The Morgan fingerprint density at radius 1 is 1.04 bits per heavy atom. The summed E-state index contributed by atoms with van der Waals surface area (Å²) >= 11 is 0. The van der Waals surface area contributed by atoms with E-state index in [4.69, 9.17) is 4.74 Å². The van der Waals surface area contributed by atoms with Crippen LogP contribution in [0.3, 0.4) is 0 Å². The van der Waals surface area contributed by atoms with Crippen molar-refractivity contribution in [1.29, 1.82) is 0 Å². The third-order valence-electron chi connectivity index (χ3n) is 5.21. The van der Waals surface area contributed by atoms with Crippen LogP contribution in [0.25, 0.3) is 0 Å². The van der Waals surface area contributed by atoms with Crippen molar-refractivity contribution in [3.05, 3.63) is 35.4 Å². The van der Waals surface area contributed by atoms with E-state index in [1.807, 2.05) is 0 Å². The van der Waals surface area contributed by atoms with Gasteiger partial charge in [-0.05, 0) is 30.9 Å². The Hall–Kier alpha value is -2.21. The summed E-state index contributed by atoms with van der Waals surface area (Å²) in [4.78, 5) is 39.0. The molecule has 6 nitrogen and oxygen atoms in total. The lowest BCUT2D eigenvalue weighted by Gasteiger charge is -2.33. The zero-order valence-electron chi connectivity index (χ0n) is 16.3. The van der Waals surface area contributed by atoms with Crippen LogP contribution in [-0.2, 0) is 9.53 Å². The molecular weight excluding hydrogens is 346 g/mol. The fourth-order valence-electron chi connectivity index (χ4n) is 3.66. The highest BCUT2D eigenvalue weighted by atomic mass is 16.5. The highest BCUT2D eigenvalue weighted by Gasteiger charge is 2.47. The Balaban J connectivity index is 2.35. The van der Waals surface area contributed by atoms with E-state index in [9.17, 15) is 19.5 Å². The van der Waals surface area contributed by atoms with Crippen LogP contribution in [0, 0.1) is 5.92 Å². The highest BCUT2D eigenvalue weighted by molar-refractivity contribution is 6.22. The largest absolute Gasteiger partial charge is 0.467 e. The van der Waals surface area contributed by atoms with Crippen LogP contribution in [0.4, 0.5) is 0 Å². The lowest BCUT2D eigenvalue weighted by atomic mass is 9.86. The molecule has 2 rings (SSSR count). The monoisotopic (exact) mass is 375 g/mol. The molecule has 0 bridgehead atoms. The van der Waals surface area contributed by atoms with Crippen LogP contribution in [-0.4, -0.2) is 47.0 Å². The SMILES string of the molecule is CCCCC(CCCC)[C@H](O)[C@@H](C(=O)OC)N1C(=O)c2ccccc2C1=O. The first-order valence-electron chi connectivity index (χ1n) is 9.70. The maximum Gasteiger partial charge on any atom is 0.331 e. The Kier molecular flexibility index (Phi) is 7.54. The van der Waals surface area contributed by atoms with Gasteiger partial charge in [-0.15, -0.1) is 0 Å². The lowest BCUT2D eigenvalue weighted by molar-refractivity contribution is -0.150. The van der Waals surface area contributed by atoms with Gasteiger partial charge in [-0.25, -0.2) is 4.79 Å². The number of carbonyl (C=O) groups excluding carboxylic acids is 3. The molecule has 148 valence electrons. The summed E-state index contributed by atoms with van der Waals surface area (Å²) in [6, 6.07) is 5.12. The van der Waals surface area contributed by atoms with Crippen LogP contribution >= 0.6 is 0 Å². The van der Waals surface area contributed by atoms with Crippen molar-refractivity contribution in [1.82, 2.24) is 4.90 Å². The number of imide groups is 1. The minimum absolute atomic E-state index is 0.182. The number of aliphatic hydroxyl groups excluding tert-OH is 1.